The van der Waals surface area contributed by atoms with Crippen LogP contribution in [0.5, 0.6) is 0 Å². The first-order valence-corrected chi connectivity index (χ1v) is 8.48. The molecule has 0 bridgehead atoms. The van der Waals surface area contributed by atoms with Crippen molar-refractivity contribution in [2.75, 3.05) is 0 Å². The second kappa shape index (κ2) is 3.25. The fourth-order valence-electron chi connectivity index (χ4n) is 1.66. The first-order valence-electron chi connectivity index (χ1n) is 4.98. The molecule has 0 unspecified atom stereocenters. The first-order chi connectivity index (χ1) is 7.04. The molecule has 0 aromatic carbocycles. The average Bonchev–Trinajstić information content (AvgIpc) is 2.55. The van der Waals surface area contributed by atoms with Crippen LogP contribution in [0.25, 0.3) is 5.65 Å². The number of nitrogens with zero attached hydrogens (tertiary/aromatic N) is 2. The maximum atomic E-state index is 5.57. The minimum absolute atomic E-state index is 0.921. The van der Waals surface area contributed by atoms with E-state index in [1.54, 1.807) is 0 Å². The van der Waals surface area contributed by atoms with Crippen molar-refractivity contribution in [2.24, 2.45) is 0 Å². The standard InChI is InChI=1S/C12H14N2Si/c1-5-10-12(15(2,3)4)13-11-8-6-7-9-14(10)11/h1,6-9H,2-4H3. The van der Waals surface area contributed by atoms with Crippen molar-refractivity contribution in [3.8, 4) is 12.3 Å². The molecule has 0 radical (unpaired) electrons. The molecule has 2 aromatic rings. The molecule has 0 spiro atoms. The van der Waals surface area contributed by atoms with Gasteiger partial charge in [0, 0.05) is 6.20 Å². The molecule has 3 heteroatoms. The van der Waals surface area contributed by atoms with Gasteiger partial charge < -0.3 is 0 Å². The van der Waals surface area contributed by atoms with E-state index in [2.05, 4.69) is 30.5 Å². The Kier molecular flexibility index (Phi) is 2.17. The van der Waals surface area contributed by atoms with E-state index in [-0.39, 0.29) is 0 Å². The molecule has 0 N–H and O–H groups in total. The summed E-state index contributed by atoms with van der Waals surface area (Å²) in [7, 11) is -1.46. The van der Waals surface area contributed by atoms with Crippen LogP contribution in [0, 0.1) is 12.3 Å². The number of rotatable bonds is 1. The van der Waals surface area contributed by atoms with Crippen LogP contribution in [0.2, 0.25) is 19.6 Å². The van der Waals surface area contributed by atoms with Crippen LogP contribution >= 0.6 is 0 Å². The summed E-state index contributed by atoms with van der Waals surface area (Å²) in [6, 6.07) is 5.95. The van der Waals surface area contributed by atoms with Crippen LogP contribution in [0.1, 0.15) is 5.69 Å². The molecule has 0 fully saturated rings. The Morgan fingerprint density at radius 3 is 2.67 bits per heavy atom. The van der Waals surface area contributed by atoms with Gasteiger partial charge in [-0.25, -0.2) is 4.98 Å². The zero-order valence-corrected chi connectivity index (χ0v) is 10.3. The van der Waals surface area contributed by atoms with E-state index in [0.717, 1.165) is 16.7 Å². The summed E-state index contributed by atoms with van der Waals surface area (Å²) < 4.78 is 1.99. The van der Waals surface area contributed by atoms with Gasteiger partial charge in [0.1, 0.15) is 19.4 Å². The topological polar surface area (TPSA) is 17.3 Å². The highest BCUT2D eigenvalue weighted by atomic mass is 28.3. The molecule has 0 aliphatic heterocycles. The van der Waals surface area contributed by atoms with Gasteiger partial charge in [-0.05, 0) is 12.1 Å². The number of pyridine rings is 1. The quantitative estimate of drug-likeness (QED) is 0.523. The molecular formula is C12H14N2Si. The first kappa shape index (κ1) is 10.0. The van der Waals surface area contributed by atoms with E-state index < -0.39 is 8.07 Å². The lowest BCUT2D eigenvalue weighted by atomic mass is 10.4. The summed E-state index contributed by atoms with van der Waals surface area (Å²) in [6.45, 7) is 6.78. The van der Waals surface area contributed by atoms with Crippen LogP contribution in [0.4, 0.5) is 0 Å². The molecule has 0 amide bonds. The molecule has 0 saturated carbocycles. The zero-order chi connectivity index (χ0) is 11.1. The van der Waals surface area contributed by atoms with Gasteiger partial charge in [0.25, 0.3) is 0 Å². The minimum atomic E-state index is -1.46. The third-order valence-electron chi connectivity index (χ3n) is 2.38. The molecule has 0 aliphatic rings. The maximum Gasteiger partial charge on any atom is 0.137 e. The summed E-state index contributed by atoms with van der Waals surface area (Å²) in [5.74, 6) is 2.76. The van der Waals surface area contributed by atoms with Crippen molar-refractivity contribution >= 4 is 19.0 Å². The van der Waals surface area contributed by atoms with Crippen LogP contribution < -0.4 is 5.32 Å². The van der Waals surface area contributed by atoms with Gasteiger partial charge in [0.2, 0.25) is 0 Å². The highest BCUT2D eigenvalue weighted by Gasteiger charge is 2.24. The second-order valence-corrected chi connectivity index (χ2v) is 9.61. The highest BCUT2D eigenvalue weighted by Crippen LogP contribution is 2.09. The summed E-state index contributed by atoms with van der Waals surface area (Å²) in [4.78, 5) is 4.64. The van der Waals surface area contributed by atoms with Crippen LogP contribution in [-0.2, 0) is 0 Å². The fourth-order valence-corrected chi connectivity index (χ4v) is 3.01. The van der Waals surface area contributed by atoms with Crippen molar-refractivity contribution in [3.63, 3.8) is 0 Å². The highest BCUT2D eigenvalue weighted by molar-refractivity contribution is 6.88. The van der Waals surface area contributed by atoms with Crippen molar-refractivity contribution in [1.29, 1.82) is 0 Å². The summed E-state index contributed by atoms with van der Waals surface area (Å²) >= 11 is 0. The number of imidazole rings is 1. The maximum absolute atomic E-state index is 5.57. The zero-order valence-electron chi connectivity index (χ0n) is 9.28. The number of hydrogen-bond donors (Lipinski definition) is 0. The summed E-state index contributed by atoms with van der Waals surface area (Å²) in [5, 5.41) is 1.12. The minimum Gasteiger partial charge on any atom is -0.293 e. The third-order valence-corrected chi connectivity index (χ3v) is 4.15. The van der Waals surface area contributed by atoms with Crippen molar-refractivity contribution in [2.45, 2.75) is 19.6 Å². The van der Waals surface area contributed by atoms with Crippen LogP contribution in [0.15, 0.2) is 24.4 Å². The van der Waals surface area contributed by atoms with E-state index in [0.29, 0.717) is 0 Å². The van der Waals surface area contributed by atoms with E-state index >= 15 is 0 Å². The Bertz CT molecular complexity index is 541. The molecule has 76 valence electrons. The number of terminal acetylenes is 1. The predicted octanol–water partition coefficient (Wildman–Crippen LogP) is 1.86. The monoisotopic (exact) mass is 214 g/mol. The van der Waals surface area contributed by atoms with E-state index in [1.807, 2.05) is 28.8 Å². The predicted molar refractivity (Wildman–Crippen MR) is 66.1 cm³/mol. The van der Waals surface area contributed by atoms with Gasteiger partial charge in [-0.15, -0.1) is 6.42 Å². The summed E-state index contributed by atoms with van der Waals surface area (Å²) in [5.41, 5.74) is 1.87. The Hall–Kier alpha value is -1.53. The molecule has 15 heavy (non-hydrogen) atoms. The number of hydrogen-bond acceptors (Lipinski definition) is 1. The van der Waals surface area contributed by atoms with Crippen molar-refractivity contribution < 1.29 is 0 Å². The normalized spacial score (nSPS) is 11.6. The molecule has 2 heterocycles. The second-order valence-electron chi connectivity index (χ2n) is 4.63. The largest absolute Gasteiger partial charge is 0.293 e. The SMILES string of the molecule is C#Cc1c([Si](C)(C)C)nc2ccccn12. The Labute approximate surface area is 91.0 Å². The van der Waals surface area contributed by atoms with Gasteiger partial charge in [0.05, 0.1) is 5.32 Å². The molecule has 2 aromatic heterocycles. The molecule has 2 nitrogen and oxygen atoms in total. The van der Waals surface area contributed by atoms with E-state index in [9.17, 15) is 0 Å². The smallest absolute Gasteiger partial charge is 0.137 e. The Balaban J connectivity index is 2.83. The van der Waals surface area contributed by atoms with E-state index in [1.165, 1.54) is 0 Å². The third kappa shape index (κ3) is 1.57. The number of fused-ring (bicyclic) bond motifs is 1. The molecule has 0 aliphatic carbocycles. The lowest BCUT2D eigenvalue weighted by Crippen LogP contribution is -2.40. The van der Waals surface area contributed by atoms with Crippen molar-refractivity contribution in [1.82, 2.24) is 9.38 Å². The van der Waals surface area contributed by atoms with Crippen LogP contribution in [0.3, 0.4) is 0 Å². The Morgan fingerprint density at radius 1 is 1.33 bits per heavy atom. The molecule has 0 atom stereocenters. The lowest BCUT2D eigenvalue weighted by molar-refractivity contribution is 1.16. The van der Waals surface area contributed by atoms with Crippen LogP contribution in [-0.4, -0.2) is 17.5 Å². The van der Waals surface area contributed by atoms with E-state index in [4.69, 9.17) is 6.42 Å². The lowest BCUT2D eigenvalue weighted by Gasteiger charge is -2.12. The summed E-state index contributed by atoms with van der Waals surface area (Å²) in [6.07, 6.45) is 7.54. The van der Waals surface area contributed by atoms with Crippen molar-refractivity contribution in [3.05, 3.63) is 30.1 Å². The Morgan fingerprint density at radius 2 is 2.07 bits per heavy atom. The van der Waals surface area contributed by atoms with Gasteiger partial charge in [-0.3, -0.25) is 4.40 Å². The molecule has 0 saturated heterocycles. The van der Waals surface area contributed by atoms with Gasteiger partial charge in [-0.1, -0.05) is 31.6 Å². The van der Waals surface area contributed by atoms with Gasteiger partial charge in [0.15, 0.2) is 0 Å². The molecular weight excluding hydrogens is 200 g/mol. The van der Waals surface area contributed by atoms with Gasteiger partial charge in [-0.2, -0.15) is 0 Å². The fraction of sp³-hybridized carbons (Fsp3) is 0.250. The molecule has 2 rings (SSSR count). The van der Waals surface area contributed by atoms with Gasteiger partial charge >= 0.3 is 0 Å². The average molecular weight is 214 g/mol. The number of aromatic nitrogens is 2.